The molecule has 2 fully saturated rings. The molecule has 0 aromatic rings. The van der Waals surface area contributed by atoms with Crippen LogP contribution >= 0.6 is 11.6 Å². The van der Waals surface area contributed by atoms with E-state index in [9.17, 15) is 0 Å². The summed E-state index contributed by atoms with van der Waals surface area (Å²) >= 11 is 5.47. The second-order valence-electron chi connectivity index (χ2n) is 3.91. The Morgan fingerprint density at radius 3 is 3.15 bits per heavy atom. The molecule has 0 spiro atoms. The van der Waals surface area contributed by atoms with E-state index in [-0.39, 0.29) is 0 Å². The highest BCUT2D eigenvalue weighted by atomic mass is 35.5. The number of hydrogen-bond donors (Lipinski definition) is 1. The van der Waals surface area contributed by atoms with E-state index in [1.165, 1.54) is 32.4 Å². The van der Waals surface area contributed by atoms with Gasteiger partial charge in [-0.2, -0.15) is 0 Å². The van der Waals surface area contributed by atoms with Crippen molar-refractivity contribution >= 4 is 11.6 Å². The molecule has 74 valence electrons. The lowest BCUT2D eigenvalue weighted by molar-refractivity contribution is 0.302. The fourth-order valence-electron chi connectivity index (χ4n) is 2.58. The molecular weight excluding hydrogens is 184 g/mol. The normalized spacial score (nSPS) is 34.5. The molecule has 2 saturated heterocycles. The average molecular weight is 201 g/mol. The highest BCUT2D eigenvalue weighted by Gasteiger charge is 2.36. The molecule has 0 aliphatic carbocycles. The summed E-state index contributed by atoms with van der Waals surface area (Å²) in [5.74, 6) is 0. The summed E-state index contributed by atoms with van der Waals surface area (Å²) in [5.41, 5.74) is 1.59. The van der Waals surface area contributed by atoms with Crippen molar-refractivity contribution in [3.05, 3.63) is 11.6 Å². The lowest BCUT2D eigenvalue weighted by Crippen LogP contribution is -2.39. The topological polar surface area (TPSA) is 15.3 Å². The zero-order valence-electron chi connectivity index (χ0n) is 7.88. The van der Waals surface area contributed by atoms with Crippen molar-refractivity contribution < 1.29 is 0 Å². The van der Waals surface area contributed by atoms with E-state index in [2.05, 4.69) is 10.2 Å². The molecule has 2 unspecified atom stereocenters. The van der Waals surface area contributed by atoms with Crippen LogP contribution < -0.4 is 5.32 Å². The van der Waals surface area contributed by atoms with Crippen LogP contribution in [0, 0.1) is 0 Å². The van der Waals surface area contributed by atoms with Gasteiger partial charge in [-0.25, -0.2) is 0 Å². The number of rotatable bonds is 3. The van der Waals surface area contributed by atoms with Crippen LogP contribution in [-0.4, -0.2) is 36.6 Å². The molecule has 2 atom stereocenters. The minimum Gasteiger partial charge on any atom is -0.309 e. The zero-order chi connectivity index (χ0) is 9.10. The van der Waals surface area contributed by atoms with Gasteiger partial charge in [0.05, 0.1) is 0 Å². The van der Waals surface area contributed by atoms with Crippen molar-refractivity contribution in [3.63, 3.8) is 0 Å². The first kappa shape index (κ1) is 9.50. The van der Waals surface area contributed by atoms with Crippen molar-refractivity contribution in [1.29, 1.82) is 0 Å². The SMILES string of the molecule is Cl/C=C/CNC1CCN2CCCC12. The van der Waals surface area contributed by atoms with Crippen molar-refractivity contribution in [2.75, 3.05) is 19.6 Å². The van der Waals surface area contributed by atoms with Crippen LogP contribution in [0.5, 0.6) is 0 Å². The lowest BCUT2D eigenvalue weighted by atomic mass is 10.1. The molecule has 2 aliphatic heterocycles. The summed E-state index contributed by atoms with van der Waals surface area (Å²) in [6.45, 7) is 3.51. The minimum absolute atomic E-state index is 0.704. The van der Waals surface area contributed by atoms with Crippen LogP contribution in [-0.2, 0) is 0 Å². The van der Waals surface area contributed by atoms with Crippen molar-refractivity contribution in [2.45, 2.75) is 31.3 Å². The van der Waals surface area contributed by atoms with E-state index in [1.807, 2.05) is 6.08 Å². The molecule has 13 heavy (non-hydrogen) atoms. The molecule has 0 radical (unpaired) electrons. The number of hydrogen-bond acceptors (Lipinski definition) is 2. The van der Waals surface area contributed by atoms with Gasteiger partial charge in [-0.3, -0.25) is 4.90 Å². The van der Waals surface area contributed by atoms with Gasteiger partial charge in [0.15, 0.2) is 0 Å². The first-order chi connectivity index (χ1) is 6.42. The fourth-order valence-corrected chi connectivity index (χ4v) is 2.67. The van der Waals surface area contributed by atoms with Crippen molar-refractivity contribution in [2.24, 2.45) is 0 Å². The molecule has 2 heterocycles. The Balaban J connectivity index is 1.80. The summed E-state index contributed by atoms with van der Waals surface area (Å²) in [5, 5.41) is 3.54. The van der Waals surface area contributed by atoms with Crippen molar-refractivity contribution in [3.8, 4) is 0 Å². The molecule has 0 bridgehead atoms. The first-order valence-electron chi connectivity index (χ1n) is 5.14. The Labute approximate surface area is 84.9 Å². The van der Waals surface area contributed by atoms with Crippen LogP contribution in [0.25, 0.3) is 0 Å². The smallest absolute Gasteiger partial charge is 0.0250 e. The Kier molecular flexibility index (Phi) is 3.25. The first-order valence-corrected chi connectivity index (χ1v) is 5.58. The van der Waals surface area contributed by atoms with Crippen LogP contribution in [0.3, 0.4) is 0 Å². The third-order valence-corrected chi connectivity index (χ3v) is 3.37. The third kappa shape index (κ3) is 2.06. The van der Waals surface area contributed by atoms with Crippen molar-refractivity contribution in [1.82, 2.24) is 10.2 Å². The predicted octanol–water partition coefficient (Wildman–Crippen LogP) is 1.57. The maximum absolute atomic E-state index is 5.47. The summed E-state index contributed by atoms with van der Waals surface area (Å²) in [7, 11) is 0. The largest absolute Gasteiger partial charge is 0.309 e. The van der Waals surface area contributed by atoms with Gasteiger partial charge in [0.25, 0.3) is 0 Å². The molecule has 2 nitrogen and oxygen atoms in total. The number of nitrogens with one attached hydrogen (secondary N) is 1. The fraction of sp³-hybridized carbons (Fsp3) is 0.800. The van der Waals surface area contributed by atoms with E-state index < -0.39 is 0 Å². The molecular formula is C10H17ClN2. The van der Waals surface area contributed by atoms with E-state index in [0.717, 1.165) is 12.6 Å². The standard InChI is InChI=1S/C10H17ClN2/c11-5-2-6-12-9-4-8-13-7-1-3-10(9)13/h2,5,9-10,12H,1,3-4,6-8H2/b5-2+. The highest BCUT2D eigenvalue weighted by Crippen LogP contribution is 2.27. The summed E-state index contributed by atoms with van der Waals surface area (Å²) in [6, 6.07) is 1.51. The van der Waals surface area contributed by atoms with Gasteiger partial charge >= 0.3 is 0 Å². The Hall–Kier alpha value is -0.0500. The summed E-state index contributed by atoms with van der Waals surface area (Å²) in [6.07, 6.45) is 6.04. The maximum Gasteiger partial charge on any atom is 0.0250 e. The summed E-state index contributed by atoms with van der Waals surface area (Å²) < 4.78 is 0. The van der Waals surface area contributed by atoms with E-state index in [1.54, 1.807) is 5.54 Å². The molecule has 0 aromatic carbocycles. The van der Waals surface area contributed by atoms with Gasteiger partial charge in [-0.05, 0) is 25.8 Å². The third-order valence-electron chi connectivity index (χ3n) is 3.19. The van der Waals surface area contributed by atoms with E-state index >= 15 is 0 Å². The van der Waals surface area contributed by atoms with Gasteiger partial charge in [-0.1, -0.05) is 17.7 Å². The quantitative estimate of drug-likeness (QED) is 0.744. The Morgan fingerprint density at radius 2 is 2.31 bits per heavy atom. The number of nitrogens with zero attached hydrogens (tertiary/aromatic N) is 1. The number of fused-ring (bicyclic) bond motifs is 1. The molecule has 0 aromatic heterocycles. The highest BCUT2D eigenvalue weighted by molar-refractivity contribution is 6.25. The second kappa shape index (κ2) is 4.45. The van der Waals surface area contributed by atoms with E-state index in [0.29, 0.717) is 6.04 Å². The molecule has 3 heteroatoms. The van der Waals surface area contributed by atoms with Gasteiger partial charge in [0.1, 0.15) is 0 Å². The zero-order valence-corrected chi connectivity index (χ0v) is 8.63. The lowest BCUT2D eigenvalue weighted by Gasteiger charge is -2.20. The van der Waals surface area contributed by atoms with Crippen LogP contribution in [0.4, 0.5) is 0 Å². The van der Waals surface area contributed by atoms with Gasteiger partial charge in [0, 0.05) is 30.7 Å². The van der Waals surface area contributed by atoms with Crippen LogP contribution in [0.1, 0.15) is 19.3 Å². The Bertz CT molecular complexity index is 193. The van der Waals surface area contributed by atoms with Crippen LogP contribution in [0.2, 0.25) is 0 Å². The van der Waals surface area contributed by atoms with Gasteiger partial charge in [-0.15, -0.1) is 0 Å². The molecule has 2 aliphatic rings. The maximum atomic E-state index is 5.47. The number of halogens is 1. The molecule has 0 saturated carbocycles. The van der Waals surface area contributed by atoms with Crippen LogP contribution in [0.15, 0.2) is 11.6 Å². The van der Waals surface area contributed by atoms with Gasteiger partial charge in [0.2, 0.25) is 0 Å². The average Bonchev–Trinajstić information content (AvgIpc) is 2.68. The monoisotopic (exact) mass is 200 g/mol. The molecule has 2 rings (SSSR count). The van der Waals surface area contributed by atoms with E-state index in [4.69, 9.17) is 11.6 Å². The molecule has 1 N–H and O–H groups in total. The Morgan fingerprint density at radius 1 is 1.38 bits per heavy atom. The van der Waals surface area contributed by atoms with Gasteiger partial charge < -0.3 is 5.32 Å². The predicted molar refractivity (Wildman–Crippen MR) is 56.0 cm³/mol. The minimum atomic E-state index is 0.704. The molecule has 0 amide bonds. The second-order valence-corrected chi connectivity index (χ2v) is 4.16. The summed E-state index contributed by atoms with van der Waals surface area (Å²) in [4.78, 5) is 2.61.